The second kappa shape index (κ2) is 2.70. The molecule has 0 aliphatic heterocycles. The fourth-order valence-electron chi connectivity index (χ4n) is 1.38. The van der Waals surface area contributed by atoms with E-state index in [1.165, 1.54) is 0 Å². The Morgan fingerprint density at radius 2 is 1.71 bits per heavy atom. The highest BCUT2D eigenvalue weighted by atomic mass is 19.2. The highest BCUT2D eigenvalue weighted by Crippen LogP contribution is 2.47. The van der Waals surface area contributed by atoms with Crippen LogP contribution in [-0.4, -0.2) is 17.3 Å². The van der Waals surface area contributed by atoms with E-state index < -0.39 is 29.0 Å². The van der Waals surface area contributed by atoms with Crippen LogP contribution >= 0.6 is 0 Å². The van der Waals surface area contributed by atoms with E-state index in [1.54, 1.807) is 0 Å². The molecule has 14 heavy (non-hydrogen) atoms. The van der Waals surface area contributed by atoms with E-state index in [9.17, 15) is 17.6 Å². The molecule has 0 amide bonds. The van der Waals surface area contributed by atoms with Gasteiger partial charge in [0.1, 0.15) is 5.83 Å². The first-order valence-electron chi connectivity index (χ1n) is 4.07. The molecule has 0 spiro atoms. The van der Waals surface area contributed by atoms with Crippen molar-refractivity contribution in [1.29, 1.82) is 0 Å². The van der Waals surface area contributed by atoms with Crippen LogP contribution in [-0.2, 0) is 0 Å². The standard InChI is InChI=1S/C8H12F4N2/c1-4-5(9)3-7(11,13)8(12,14)6(4,2)10/h3-4H,13-14H2,1-2H3. The molecular weight excluding hydrogens is 200 g/mol. The van der Waals surface area contributed by atoms with Crippen LogP contribution in [0.2, 0.25) is 0 Å². The average molecular weight is 212 g/mol. The van der Waals surface area contributed by atoms with Crippen molar-refractivity contribution in [2.45, 2.75) is 31.1 Å². The number of nitrogens with two attached hydrogens (primary N) is 2. The van der Waals surface area contributed by atoms with E-state index in [2.05, 4.69) is 0 Å². The molecule has 4 atom stereocenters. The highest BCUT2D eigenvalue weighted by molar-refractivity contribution is 5.26. The first-order chi connectivity index (χ1) is 6.04. The minimum Gasteiger partial charge on any atom is -0.292 e. The molecule has 0 heterocycles. The summed E-state index contributed by atoms with van der Waals surface area (Å²) < 4.78 is 53.5. The zero-order chi connectivity index (χ0) is 11.4. The molecule has 1 aliphatic rings. The van der Waals surface area contributed by atoms with E-state index in [1.807, 2.05) is 0 Å². The number of rotatable bonds is 0. The topological polar surface area (TPSA) is 52.0 Å². The first-order valence-corrected chi connectivity index (χ1v) is 4.07. The molecule has 0 aromatic rings. The van der Waals surface area contributed by atoms with E-state index >= 15 is 0 Å². The summed E-state index contributed by atoms with van der Waals surface area (Å²) in [6, 6.07) is 0. The van der Waals surface area contributed by atoms with Crippen molar-refractivity contribution in [3.05, 3.63) is 11.9 Å². The summed E-state index contributed by atoms with van der Waals surface area (Å²) in [7, 11) is 0. The molecule has 0 saturated heterocycles. The van der Waals surface area contributed by atoms with Crippen LogP contribution in [0.3, 0.4) is 0 Å². The summed E-state index contributed by atoms with van der Waals surface area (Å²) in [4.78, 5) is 0. The minimum atomic E-state index is -3.45. The monoisotopic (exact) mass is 212 g/mol. The van der Waals surface area contributed by atoms with E-state index in [0.29, 0.717) is 6.92 Å². The summed E-state index contributed by atoms with van der Waals surface area (Å²) in [5.74, 6) is -9.40. The zero-order valence-electron chi connectivity index (χ0n) is 7.82. The van der Waals surface area contributed by atoms with Crippen molar-refractivity contribution < 1.29 is 17.6 Å². The Labute approximate surface area is 78.9 Å². The van der Waals surface area contributed by atoms with E-state index in [-0.39, 0.29) is 6.08 Å². The lowest BCUT2D eigenvalue weighted by molar-refractivity contribution is -0.140. The third kappa shape index (κ3) is 1.17. The molecule has 4 unspecified atom stereocenters. The molecule has 1 rings (SSSR count). The Kier molecular flexibility index (Phi) is 2.21. The van der Waals surface area contributed by atoms with Crippen molar-refractivity contribution in [2.75, 3.05) is 0 Å². The van der Waals surface area contributed by atoms with Crippen molar-refractivity contribution >= 4 is 0 Å². The van der Waals surface area contributed by atoms with Crippen molar-refractivity contribution in [1.82, 2.24) is 0 Å². The lowest BCUT2D eigenvalue weighted by Crippen LogP contribution is -2.72. The Hall–Kier alpha value is -0.620. The summed E-state index contributed by atoms with van der Waals surface area (Å²) in [5, 5.41) is 0. The van der Waals surface area contributed by atoms with Gasteiger partial charge in [0.05, 0.1) is 0 Å². The minimum absolute atomic E-state index is 0.180. The normalized spacial score (nSPS) is 54.3. The molecule has 0 bridgehead atoms. The molecule has 82 valence electrons. The van der Waals surface area contributed by atoms with Gasteiger partial charge >= 0.3 is 0 Å². The van der Waals surface area contributed by atoms with Gasteiger partial charge in [0.2, 0.25) is 11.6 Å². The number of alkyl halides is 3. The maximum Gasteiger partial charge on any atom is 0.244 e. The van der Waals surface area contributed by atoms with Crippen LogP contribution in [0.4, 0.5) is 17.6 Å². The number of halogens is 4. The number of hydrogen-bond donors (Lipinski definition) is 2. The molecule has 6 heteroatoms. The lowest BCUT2D eigenvalue weighted by atomic mass is 9.74. The maximum atomic E-state index is 13.7. The van der Waals surface area contributed by atoms with Gasteiger partial charge in [0.15, 0.2) is 5.67 Å². The molecule has 2 nitrogen and oxygen atoms in total. The molecule has 0 aromatic heterocycles. The summed E-state index contributed by atoms with van der Waals surface area (Å²) >= 11 is 0. The Bertz CT molecular complexity index is 283. The third-order valence-corrected chi connectivity index (χ3v) is 2.84. The van der Waals surface area contributed by atoms with Crippen molar-refractivity contribution in [3.8, 4) is 0 Å². The van der Waals surface area contributed by atoms with Crippen LogP contribution < -0.4 is 11.5 Å². The quantitative estimate of drug-likeness (QED) is 0.472. The Morgan fingerprint density at radius 3 is 2.14 bits per heavy atom. The van der Waals surface area contributed by atoms with Gasteiger partial charge in [0.25, 0.3) is 0 Å². The summed E-state index contributed by atoms with van der Waals surface area (Å²) in [6.45, 7) is 1.76. The lowest BCUT2D eigenvalue weighted by Gasteiger charge is -2.45. The predicted octanol–water partition coefficient (Wildman–Crippen LogP) is 1.47. The van der Waals surface area contributed by atoms with Gasteiger partial charge < -0.3 is 0 Å². The van der Waals surface area contributed by atoms with Gasteiger partial charge in [-0.25, -0.2) is 17.6 Å². The zero-order valence-corrected chi connectivity index (χ0v) is 7.82. The highest BCUT2D eigenvalue weighted by Gasteiger charge is 2.66. The Morgan fingerprint density at radius 1 is 1.29 bits per heavy atom. The van der Waals surface area contributed by atoms with Gasteiger partial charge in [-0.3, -0.25) is 11.5 Å². The molecule has 0 fully saturated rings. The smallest absolute Gasteiger partial charge is 0.244 e. The van der Waals surface area contributed by atoms with Gasteiger partial charge in [-0.2, -0.15) is 0 Å². The summed E-state index contributed by atoms with van der Waals surface area (Å²) in [5.41, 5.74) is 6.70. The predicted molar refractivity (Wildman–Crippen MR) is 43.9 cm³/mol. The van der Waals surface area contributed by atoms with Crippen LogP contribution in [0, 0.1) is 5.92 Å². The number of hydrogen-bond acceptors (Lipinski definition) is 2. The van der Waals surface area contributed by atoms with Crippen molar-refractivity contribution in [3.63, 3.8) is 0 Å². The molecule has 0 radical (unpaired) electrons. The maximum absolute atomic E-state index is 13.7. The van der Waals surface area contributed by atoms with E-state index in [4.69, 9.17) is 11.5 Å². The number of allylic oxidation sites excluding steroid dienone is 1. The second-order valence-electron chi connectivity index (χ2n) is 3.81. The van der Waals surface area contributed by atoms with Crippen LogP contribution in [0.1, 0.15) is 13.8 Å². The first kappa shape index (κ1) is 11.5. The van der Waals surface area contributed by atoms with Crippen LogP contribution in [0.15, 0.2) is 11.9 Å². The fraction of sp³-hybridized carbons (Fsp3) is 0.750. The van der Waals surface area contributed by atoms with Gasteiger partial charge in [-0.1, -0.05) is 6.92 Å². The third-order valence-electron chi connectivity index (χ3n) is 2.84. The Balaban J connectivity index is 3.34. The van der Waals surface area contributed by atoms with Crippen LogP contribution in [0.25, 0.3) is 0 Å². The molecular formula is C8H12F4N2. The second-order valence-corrected chi connectivity index (χ2v) is 3.81. The van der Waals surface area contributed by atoms with Gasteiger partial charge in [-0.15, -0.1) is 0 Å². The SMILES string of the molecule is CC1C(F)=CC(N)(F)C(N)(F)C1(C)F. The average Bonchev–Trinajstić information content (AvgIpc) is 1.99. The van der Waals surface area contributed by atoms with Crippen LogP contribution in [0.5, 0.6) is 0 Å². The van der Waals surface area contributed by atoms with Gasteiger partial charge in [0, 0.05) is 12.0 Å². The fourth-order valence-corrected chi connectivity index (χ4v) is 1.38. The molecule has 1 aliphatic carbocycles. The summed E-state index contributed by atoms with van der Waals surface area (Å²) in [6.07, 6.45) is 0.180. The largest absolute Gasteiger partial charge is 0.292 e. The molecule has 0 aromatic carbocycles. The van der Waals surface area contributed by atoms with Gasteiger partial charge in [-0.05, 0) is 6.92 Å². The van der Waals surface area contributed by atoms with Crippen molar-refractivity contribution in [2.24, 2.45) is 17.4 Å². The van der Waals surface area contributed by atoms with E-state index in [0.717, 1.165) is 6.92 Å². The molecule has 0 saturated carbocycles. The molecule has 4 N–H and O–H groups in total.